The van der Waals surface area contributed by atoms with Gasteiger partial charge in [-0.1, -0.05) is 39.8 Å². The highest BCUT2D eigenvalue weighted by atomic mass is 32.2. The van der Waals surface area contributed by atoms with E-state index in [4.69, 9.17) is 0 Å². The molecular formula is C14H23NO3S. The van der Waals surface area contributed by atoms with Crippen LogP contribution in [0.25, 0.3) is 0 Å². The summed E-state index contributed by atoms with van der Waals surface area (Å²) in [5.74, 6) is 0. The van der Waals surface area contributed by atoms with Crippen molar-refractivity contribution in [2.45, 2.75) is 45.1 Å². The molecule has 5 heteroatoms. The Bertz CT molecular complexity index is 518. The van der Waals surface area contributed by atoms with Crippen LogP contribution in [0, 0.1) is 5.41 Å². The van der Waals surface area contributed by atoms with E-state index in [1.165, 1.54) is 0 Å². The van der Waals surface area contributed by atoms with Gasteiger partial charge < -0.3 is 5.11 Å². The number of nitrogens with one attached hydrogen (secondary N) is 1. The number of benzene rings is 1. The quantitative estimate of drug-likeness (QED) is 0.869. The lowest BCUT2D eigenvalue weighted by Crippen LogP contribution is -2.39. The topological polar surface area (TPSA) is 66.4 Å². The van der Waals surface area contributed by atoms with E-state index in [0.29, 0.717) is 0 Å². The molecule has 108 valence electrons. The Morgan fingerprint density at radius 2 is 1.95 bits per heavy atom. The molecule has 0 aliphatic heterocycles. The second-order valence-corrected chi connectivity index (χ2v) is 7.50. The van der Waals surface area contributed by atoms with Crippen molar-refractivity contribution < 1.29 is 13.5 Å². The minimum atomic E-state index is -3.56. The molecule has 1 unspecified atom stereocenters. The molecule has 19 heavy (non-hydrogen) atoms. The largest absolute Gasteiger partial charge is 0.391 e. The molecule has 0 bridgehead atoms. The molecule has 0 spiro atoms. The average Bonchev–Trinajstić information content (AvgIpc) is 2.35. The fraction of sp³-hybridized carbons (Fsp3) is 0.571. The Morgan fingerprint density at radius 1 is 1.32 bits per heavy atom. The van der Waals surface area contributed by atoms with E-state index in [1.54, 1.807) is 18.2 Å². The van der Waals surface area contributed by atoms with Crippen molar-refractivity contribution in [2.24, 2.45) is 5.41 Å². The van der Waals surface area contributed by atoms with Gasteiger partial charge in [0.1, 0.15) is 0 Å². The summed E-state index contributed by atoms with van der Waals surface area (Å²) in [6.45, 7) is 7.59. The third kappa shape index (κ3) is 4.60. The maximum absolute atomic E-state index is 12.1. The van der Waals surface area contributed by atoms with Gasteiger partial charge >= 0.3 is 0 Å². The summed E-state index contributed by atoms with van der Waals surface area (Å²) in [5.41, 5.74) is 0.618. The first-order valence-corrected chi connectivity index (χ1v) is 7.92. The zero-order valence-corrected chi connectivity index (χ0v) is 12.8. The number of rotatable bonds is 5. The van der Waals surface area contributed by atoms with Crippen LogP contribution in [0.3, 0.4) is 0 Å². The molecule has 0 aromatic heterocycles. The lowest BCUT2D eigenvalue weighted by Gasteiger charge is -2.25. The SMILES string of the molecule is CCc1cccc(S(=O)(=O)NCC(O)C(C)(C)C)c1. The Balaban J connectivity index is 2.81. The maximum atomic E-state index is 12.1. The minimum Gasteiger partial charge on any atom is -0.391 e. The van der Waals surface area contributed by atoms with Gasteiger partial charge in [0.15, 0.2) is 0 Å². The molecule has 1 aromatic carbocycles. The van der Waals surface area contributed by atoms with Gasteiger partial charge in [-0.15, -0.1) is 0 Å². The maximum Gasteiger partial charge on any atom is 0.240 e. The number of sulfonamides is 1. The molecule has 0 radical (unpaired) electrons. The lowest BCUT2D eigenvalue weighted by molar-refractivity contribution is 0.0677. The lowest BCUT2D eigenvalue weighted by atomic mass is 9.89. The van der Waals surface area contributed by atoms with Crippen LogP contribution in [0.1, 0.15) is 33.3 Å². The highest BCUT2D eigenvalue weighted by Gasteiger charge is 2.24. The van der Waals surface area contributed by atoms with Crippen molar-refractivity contribution in [1.29, 1.82) is 0 Å². The molecule has 1 aromatic rings. The number of hydrogen-bond acceptors (Lipinski definition) is 3. The van der Waals surface area contributed by atoms with Crippen LogP contribution < -0.4 is 4.72 Å². The highest BCUT2D eigenvalue weighted by molar-refractivity contribution is 7.89. The van der Waals surface area contributed by atoms with Crippen molar-refractivity contribution in [3.05, 3.63) is 29.8 Å². The molecule has 0 aliphatic carbocycles. The normalized spacial score (nSPS) is 14.4. The Labute approximate surface area is 115 Å². The summed E-state index contributed by atoms with van der Waals surface area (Å²) in [5, 5.41) is 9.87. The number of aryl methyl sites for hydroxylation is 1. The van der Waals surface area contributed by atoms with Crippen LogP contribution in [0.2, 0.25) is 0 Å². The summed E-state index contributed by atoms with van der Waals surface area (Å²) in [4.78, 5) is 0.243. The van der Waals surface area contributed by atoms with Crippen molar-refractivity contribution >= 4 is 10.0 Å². The second-order valence-electron chi connectivity index (χ2n) is 5.73. The first kappa shape index (κ1) is 16.1. The zero-order chi connectivity index (χ0) is 14.7. The third-order valence-electron chi connectivity index (χ3n) is 3.08. The summed E-state index contributed by atoms with van der Waals surface area (Å²) in [6, 6.07) is 6.84. The van der Waals surface area contributed by atoms with E-state index < -0.39 is 16.1 Å². The molecule has 0 saturated heterocycles. The zero-order valence-electron chi connectivity index (χ0n) is 12.0. The molecule has 0 amide bonds. The van der Waals surface area contributed by atoms with E-state index in [-0.39, 0.29) is 16.9 Å². The number of hydrogen-bond donors (Lipinski definition) is 2. The van der Waals surface area contributed by atoms with Gasteiger partial charge in [-0.05, 0) is 29.5 Å². The molecule has 0 aliphatic rings. The van der Waals surface area contributed by atoms with Crippen LogP contribution in [-0.2, 0) is 16.4 Å². The van der Waals surface area contributed by atoms with Crippen LogP contribution in [0.15, 0.2) is 29.2 Å². The molecule has 0 fully saturated rings. The fourth-order valence-corrected chi connectivity index (χ4v) is 2.62. The van der Waals surface area contributed by atoms with Crippen molar-refractivity contribution in [2.75, 3.05) is 6.54 Å². The molecule has 0 heterocycles. The minimum absolute atomic E-state index is 0.0161. The third-order valence-corrected chi connectivity index (χ3v) is 4.50. The first-order valence-electron chi connectivity index (χ1n) is 6.43. The van der Waals surface area contributed by atoms with Gasteiger partial charge in [0.2, 0.25) is 10.0 Å². The van der Waals surface area contributed by atoms with Crippen LogP contribution >= 0.6 is 0 Å². The summed E-state index contributed by atoms with van der Waals surface area (Å²) in [6.07, 6.45) is 0.0604. The molecule has 2 N–H and O–H groups in total. The van der Waals surface area contributed by atoms with Crippen molar-refractivity contribution in [3.63, 3.8) is 0 Å². The number of aliphatic hydroxyl groups is 1. The van der Waals surface area contributed by atoms with Crippen LogP contribution in [-0.4, -0.2) is 26.2 Å². The Kier molecular flexibility index (Phi) is 5.12. The van der Waals surface area contributed by atoms with E-state index in [2.05, 4.69) is 4.72 Å². The van der Waals surface area contributed by atoms with E-state index in [0.717, 1.165) is 12.0 Å². The van der Waals surface area contributed by atoms with E-state index >= 15 is 0 Å². The van der Waals surface area contributed by atoms with Gasteiger partial charge in [-0.3, -0.25) is 0 Å². The monoisotopic (exact) mass is 285 g/mol. The molecule has 0 saturated carbocycles. The van der Waals surface area contributed by atoms with Crippen molar-refractivity contribution in [1.82, 2.24) is 4.72 Å². The smallest absolute Gasteiger partial charge is 0.240 e. The first-order chi connectivity index (χ1) is 8.66. The van der Waals surface area contributed by atoms with Crippen LogP contribution in [0.4, 0.5) is 0 Å². The summed E-state index contributed by atoms with van der Waals surface area (Å²) < 4.78 is 26.7. The summed E-state index contributed by atoms with van der Waals surface area (Å²) in [7, 11) is -3.56. The Morgan fingerprint density at radius 3 is 2.47 bits per heavy atom. The molecule has 4 nitrogen and oxygen atoms in total. The standard InChI is InChI=1S/C14H23NO3S/c1-5-11-7-6-8-12(9-11)19(17,18)15-10-13(16)14(2,3)4/h6-9,13,15-16H,5,10H2,1-4H3. The molecular weight excluding hydrogens is 262 g/mol. The second kappa shape index (κ2) is 6.03. The molecule has 1 rings (SSSR count). The van der Waals surface area contributed by atoms with E-state index in [1.807, 2.05) is 33.8 Å². The highest BCUT2D eigenvalue weighted by Crippen LogP contribution is 2.19. The molecule has 1 atom stereocenters. The van der Waals surface area contributed by atoms with E-state index in [9.17, 15) is 13.5 Å². The van der Waals surface area contributed by atoms with Gasteiger partial charge in [0.25, 0.3) is 0 Å². The van der Waals surface area contributed by atoms with Crippen LogP contribution in [0.5, 0.6) is 0 Å². The van der Waals surface area contributed by atoms with Gasteiger partial charge in [-0.25, -0.2) is 13.1 Å². The van der Waals surface area contributed by atoms with Crippen molar-refractivity contribution in [3.8, 4) is 0 Å². The average molecular weight is 285 g/mol. The van der Waals surface area contributed by atoms with Gasteiger partial charge in [0.05, 0.1) is 11.0 Å². The predicted molar refractivity (Wildman–Crippen MR) is 76.5 cm³/mol. The fourth-order valence-electron chi connectivity index (χ4n) is 1.51. The van der Waals surface area contributed by atoms with Gasteiger partial charge in [0, 0.05) is 6.54 Å². The number of aliphatic hydroxyl groups excluding tert-OH is 1. The predicted octanol–water partition coefficient (Wildman–Crippen LogP) is 1.93. The van der Waals surface area contributed by atoms with Gasteiger partial charge in [-0.2, -0.15) is 0 Å². The summed E-state index contributed by atoms with van der Waals surface area (Å²) >= 11 is 0. The Hall–Kier alpha value is -0.910.